The summed E-state index contributed by atoms with van der Waals surface area (Å²) in [5.41, 5.74) is 1.86. The van der Waals surface area contributed by atoms with Gasteiger partial charge in [-0.1, -0.05) is 18.2 Å². The maximum absolute atomic E-state index is 13.7. The summed E-state index contributed by atoms with van der Waals surface area (Å²) < 4.78 is 15.9. The van der Waals surface area contributed by atoms with Crippen molar-refractivity contribution in [3.8, 4) is 0 Å². The fourth-order valence-electron chi connectivity index (χ4n) is 2.31. The van der Waals surface area contributed by atoms with Crippen LogP contribution >= 0.6 is 0 Å². The summed E-state index contributed by atoms with van der Waals surface area (Å²) in [5.74, 6) is -0.144. The molecule has 1 aromatic carbocycles. The number of hydrogen-bond acceptors (Lipinski definition) is 1. The molecule has 1 N–H and O–H groups in total. The smallest absolute Gasteiger partial charge is 0.128 e. The Morgan fingerprint density at radius 1 is 1.19 bits per heavy atom. The van der Waals surface area contributed by atoms with Crippen molar-refractivity contribution in [1.82, 2.24) is 9.88 Å². The van der Waals surface area contributed by atoms with Crippen molar-refractivity contribution in [1.29, 1.82) is 0 Å². The molecular weight excluding hydrogens is 203 g/mol. The lowest BCUT2D eigenvalue weighted by Crippen LogP contribution is -2.33. The molecule has 3 rings (SSSR count). The first-order valence-corrected chi connectivity index (χ1v) is 5.49. The standard InChI is InChI=1S/C13H13FN2/c14-11-5-2-1-4-10(11)13-12-6-3-8-16(12)9-7-15-13/h1-6,8,13,15H,7,9H2/t13-/m0/s1. The van der Waals surface area contributed by atoms with E-state index in [4.69, 9.17) is 0 Å². The first-order valence-electron chi connectivity index (χ1n) is 5.49. The van der Waals surface area contributed by atoms with Gasteiger partial charge in [-0.3, -0.25) is 0 Å². The van der Waals surface area contributed by atoms with E-state index in [-0.39, 0.29) is 11.9 Å². The van der Waals surface area contributed by atoms with Crippen LogP contribution in [0.5, 0.6) is 0 Å². The third-order valence-corrected chi connectivity index (χ3v) is 3.08. The molecule has 2 nitrogen and oxygen atoms in total. The molecule has 1 aliphatic heterocycles. The number of halogens is 1. The second-order valence-electron chi connectivity index (χ2n) is 4.04. The number of aromatic nitrogens is 1. The Bertz CT molecular complexity index is 504. The minimum atomic E-state index is -0.144. The van der Waals surface area contributed by atoms with E-state index in [9.17, 15) is 4.39 Å². The zero-order valence-electron chi connectivity index (χ0n) is 8.86. The van der Waals surface area contributed by atoms with Gasteiger partial charge in [-0.15, -0.1) is 0 Å². The lowest BCUT2D eigenvalue weighted by atomic mass is 10.0. The second-order valence-corrected chi connectivity index (χ2v) is 4.04. The lowest BCUT2D eigenvalue weighted by molar-refractivity contribution is 0.453. The minimum Gasteiger partial charge on any atom is -0.348 e. The van der Waals surface area contributed by atoms with E-state index < -0.39 is 0 Å². The highest BCUT2D eigenvalue weighted by atomic mass is 19.1. The molecule has 3 heteroatoms. The molecule has 0 radical (unpaired) electrons. The summed E-state index contributed by atoms with van der Waals surface area (Å²) in [7, 11) is 0. The molecule has 0 unspecified atom stereocenters. The molecule has 0 aliphatic carbocycles. The number of nitrogens with one attached hydrogen (secondary N) is 1. The Morgan fingerprint density at radius 2 is 2.06 bits per heavy atom. The predicted octanol–water partition coefficient (Wildman–Crippen LogP) is 2.32. The number of nitrogens with zero attached hydrogens (tertiary/aromatic N) is 1. The Hall–Kier alpha value is -1.61. The summed E-state index contributed by atoms with van der Waals surface area (Å²) in [6.45, 7) is 1.83. The zero-order valence-corrected chi connectivity index (χ0v) is 8.86. The van der Waals surface area contributed by atoms with Gasteiger partial charge in [-0.05, 0) is 18.2 Å². The number of hydrogen-bond donors (Lipinski definition) is 1. The molecule has 2 aromatic rings. The molecule has 0 saturated carbocycles. The van der Waals surface area contributed by atoms with Crippen LogP contribution in [0.3, 0.4) is 0 Å². The van der Waals surface area contributed by atoms with E-state index in [0.717, 1.165) is 24.3 Å². The molecule has 1 atom stereocenters. The third kappa shape index (κ3) is 1.44. The molecule has 2 heterocycles. The van der Waals surface area contributed by atoms with Crippen LogP contribution in [0, 0.1) is 5.82 Å². The maximum Gasteiger partial charge on any atom is 0.128 e. The van der Waals surface area contributed by atoms with Crippen molar-refractivity contribution in [2.24, 2.45) is 0 Å². The highest BCUT2D eigenvalue weighted by Crippen LogP contribution is 2.26. The van der Waals surface area contributed by atoms with Crippen LogP contribution < -0.4 is 5.32 Å². The van der Waals surface area contributed by atoms with Crippen molar-refractivity contribution in [2.45, 2.75) is 12.6 Å². The molecule has 0 fully saturated rings. The number of fused-ring (bicyclic) bond motifs is 1. The van der Waals surface area contributed by atoms with Crippen LogP contribution in [0.25, 0.3) is 0 Å². The average Bonchev–Trinajstić information content (AvgIpc) is 2.77. The summed E-state index contributed by atoms with van der Waals surface area (Å²) in [6.07, 6.45) is 2.05. The highest BCUT2D eigenvalue weighted by Gasteiger charge is 2.22. The molecule has 1 aliphatic rings. The van der Waals surface area contributed by atoms with Crippen molar-refractivity contribution in [2.75, 3.05) is 6.54 Å². The molecule has 82 valence electrons. The van der Waals surface area contributed by atoms with Crippen molar-refractivity contribution >= 4 is 0 Å². The summed E-state index contributed by atoms with van der Waals surface area (Å²) in [4.78, 5) is 0. The number of benzene rings is 1. The largest absolute Gasteiger partial charge is 0.348 e. The minimum absolute atomic E-state index is 0.0232. The van der Waals surface area contributed by atoms with Gasteiger partial charge in [0, 0.05) is 30.5 Å². The first kappa shape index (κ1) is 9.60. The van der Waals surface area contributed by atoms with Gasteiger partial charge in [-0.2, -0.15) is 0 Å². The van der Waals surface area contributed by atoms with Gasteiger partial charge in [0.15, 0.2) is 0 Å². The normalized spacial score (nSPS) is 19.4. The van der Waals surface area contributed by atoms with Gasteiger partial charge in [0.2, 0.25) is 0 Å². The fraction of sp³-hybridized carbons (Fsp3) is 0.231. The van der Waals surface area contributed by atoms with Crippen LogP contribution in [0.1, 0.15) is 17.3 Å². The molecule has 0 bridgehead atoms. The van der Waals surface area contributed by atoms with Crippen LogP contribution in [-0.4, -0.2) is 11.1 Å². The van der Waals surface area contributed by atoms with Gasteiger partial charge < -0.3 is 9.88 Å². The van der Waals surface area contributed by atoms with Crippen molar-refractivity contribution < 1.29 is 4.39 Å². The molecular formula is C13H13FN2. The Balaban J connectivity index is 2.08. The second kappa shape index (κ2) is 3.76. The van der Waals surface area contributed by atoms with E-state index in [2.05, 4.69) is 9.88 Å². The zero-order chi connectivity index (χ0) is 11.0. The Morgan fingerprint density at radius 3 is 2.94 bits per heavy atom. The number of rotatable bonds is 1. The van der Waals surface area contributed by atoms with Crippen LogP contribution in [0.2, 0.25) is 0 Å². The van der Waals surface area contributed by atoms with E-state index in [0.29, 0.717) is 0 Å². The Kier molecular flexibility index (Phi) is 2.26. The quantitative estimate of drug-likeness (QED) is 0.774. The van der Waals surface area contributed by atoms with E-state index in [1.54, 1.807) is 6.07 Å². The first-order chi connectivity index (χ1) is 7.86. The van der Waals surface area contributed by atoms with Gasteiger partial charge in [-0.25, -0.2) is 4.39 Å². The van der Waals surface area contributed by atoms with Gasteiger partial charge in [0.05, 0.1) is 6.04 Å². The fourth-order valence-corrected chi connectivity index (χ4v) is 2.31. The molecule has 0 saturated heterocycles. The molecule has 0 spiro atoms. The average molecular weight is 216 g/mol. The SMILES string of the molecule is Fc1ccccc1[C@@H]1NCCn2cccc21. The van der Waals surface area contributed by atoms with E-state index in [1.165, 1.54) is 6.07 Å². The van der Waals surface area contributed by atoms with Crippen LogP contribution in [-0.2, 0) is 6.54 Å². The Labute approximate surface area is 93.7 Å². The van der Waals surface area contributed by atoms with Gasteiger partial charge in [0.1, 0.15) is 5.82 Å². The molecule has 16 heavy (non-hydrogen) atoms. The molecule has 0 amide bonds. The lowest BCUT2D eigenvalue weighted by Gasteiger charge is -2.27. The van der Waals surface area contributed by atoms with Crippen molar-refractivity contribution in [3.63, 3.8) is 0 Å². The maximum atomic E-state index is 13.7. The molecule has 1 aromatic heterocycles. The monoisotopic (exact) mass is 216 g/mol. The summed E-state index contributed by atoms with van der Waals surface area (Å²) >= 11 is 0. The van der Waals surface area contributed by atoms with Crippen molar-refractivity contribution in [3.05, 3.63) is 59.7 Å². The van der Waals surface area contributed by atoms with Crippen LogP contribution in [0.4, 0.5) is 4.39 Å². The van der Waals surface area contributed by atoms with Crippen LogP contribution in [0.15, 0.2) is 42.6 Å². The van der Waals surface area contributed by atoms with E-state index >= 15 is 0 Å². The third-order valence-electron chi connectivity index (χ3n) is 3.08. The topological polar surface area (TPSA) is 17.0 Å². The van der Waals surface area contributed by atoms with Gasteiger partial charge in [0.25, 0.3) is 0 Å². The summed E-state index contributed by atoms with van der Waals surface area (Å²) in [5, 5.41) is 3.36. The van der Waals surface area contributed by atoms with E-state index in [1.807, 2.05) is 30.5 Å². The summed E-state index contributed by atoms with van der Waals surface area (Å²) in [6, 6.07) is 11.0. The highest BCUT2D eigenvalue weighted by molar-refractivity contribution is 5.30. The van der Waals surface area contributed by atoms with Gasteiger partial charge >= 0.3 is 0 Å². The predicted molar refractivity (Wildman–Crippen MR) is 60.7 cm³/mol.